The molecule has 1 radical (unpaired) electrons. The van der Waals surface area contributed by atoms with Crippen LogP contribution in [-0.2, 0) is 31.9 Å². The van der Waals surface area contributed by atoms with Gasteiger partial charge in [-0.1, -0.05) is 71.3 Å². The average Bonchev–Trinajstić information content (AvgIpc) is 3.35. The van der Waals surface area contributed by atoms with Crippen molar-refractivity contribution in [3.8, 4) is 16.9 Å². The van der Waals surface area contributed by atoms with Gasteiger partial charge in [-0.15, -0.1) is 41.3 Å². The van der Waals surface area contributed by atoms with E-state index >= 15 is 0 Å². The van der Waals surface area contributed by atoms with E-state index in [9.17, 15) is 0 Å². The molecule has 0 N–H and O–H groups in total. The molecule has 0 aliphatic heterocycles. The van der Waals surface area contributed by atoms with Crippen LogP contribution in [0.4, 0.5) is 0 Å². The zero-order valence-corrected chi connectivity index (χ0v) is 29.1. The van der Waals surface area contributed by atoms with Crippen LogP contribution >= 0.6 is 0 Å². The molecular weight excluding hydrogens is 729 g/mol. The Morgan fingerprint density at radius 1 is 0.756 bits per heavy atom. The first-order valence-corrected chi connectivity index (χ1v) is 15.1. The summed E-state index contributed by atoms with van der Waals surface area (Å²) in [5.41, 5.74) is 8.19. The van der Waals surface area contributed by atoms with E-state index in [0.29, 0.717) is 0 Å². The Balaban J connectivity index is 0.000000202. The van der Waals surface area contributed by atoms with Crippen LogP contribution in [0.3, 0.4) is 0 Å². The van der Waals surface area contributed by atoms with Crippen LogP contribution in [0.25, 0.3) is 49.7 Å². The minimum atomic E-state index is 0. The molecule has 4 nitrogen and oxygen atoms in total. The standard InChI is InChI=1S/C25H22N3.C15H16N.Ir/c1-25(2,3)15-17-13-18-10-12-26-16-21(18)23(14-17)28-22-9-5-4-7-19(22)20-8-6-11-27-24(20)28;1-15(2,3)13-9-10-14(16-11-13)12-7-5-4-6-8-12;/h4,6-14,16H,15H2,1-3H3;4-7,9-11H,1-3H3;/q2*-1;. The molecule has 0 aliphatic rings. The molecule has 0 bridgehead atoms. The summed E-state index contributed by atoms with van der Waals surface area (Å²) in [5, 5.41) is 4.69. The fraction of sp³-hybridized carbons (Fsp3) is 0.225. The maximum Gasteiger partial charge on any atom is 0.132 e. The van der Waals surface area contributed by atoms with E-state index in [1.807, 2.05) is 61.2 Å². The molecule has 0 unspecified atom stereocenters. The normalized spacial score (nSPS) is 11.7. The Bertz CT molecular complexity index is 1990. The summed E-state index contributed by atoms with van der Waals surface area (Å²) in [7, 11) is 0. The smallest absolute Gasteiger partial charge is 0.132 e. The van der Waals surface area contributed by atoms with E-state index in [-0.39, 0.29) is 30.9 Å². The first kappa shape index (κ1) is 32.2. The molecule has 4 aromatic heterocycles. The van der Waals surface area contributed by atoms with Gasteiger partial charge in [0.1, 0.15) is 5.65 Å². The summed E-state index contributed by atoms with van der Waals surface area (Å²) in [6.07, 6.45) is 8.65. The molecule has 0 fully saturated rings. The minimum Gasteiger partial charge on any atom is -0.349 e. The predicted octanol–water partition coefficient (Wildman–Crippen LogP) is 9.96. The number of hydrogen-bond acceptors (Lipinski definition) is 3. The summed E-state index contributed by atoms with van der Waals surface area (Å²) in [4.78, 5) is 13.6. The van der Waals surface area contributed by atoms with Crippen molar-refractivity contribution in [2.45, 2.75) is 53.4 Å². The minimum absolute atomic E-state index is 0. The number of pyridine rings is 3. The summed E-state index contributed by atoms with van der Waals surface area (Å²) < 4.78 is 2.26. The molecule has 4 heterocycles. The maximum absolute atomic E-state index is 4.73. The van der Waals surface area contributed by atoms with E-state index in [4.69, 9.17) is 4.98 Å². The van der Waals surface area contributed by atoms with Gasteiger partial charge in [0, 0.05) is 61.4 Å². The van der Waals surface area contributed by atoms with Gasteiger partial charge in [-0.2, -0.15) is 24.3 Å². The van der Waals surface area contributed by atoms with Crippen molar-refractivity contribution < 1.29 is 20.1 Å². The van der Waals surface area contributed by atoms with Crippen LogP contribution in [0.5, 0.6) is 0 Å². The van der Waals surface area contributed by atoms with Gasteiger partial charge < -0.3 is 9.55 Å². The molecule has 0 aliphatic carbocycles. The van der Waals surface area contributed by atoms with E-state index in [0.717, 1.165) is 45.3 Å². The fourth-order valence-electron chi connectivity index (χ4n) is 5.67. The monoisotopic (exact) mass is 767 g/mol. The molecule has 45 heavy (non-hydrogen) atoms. The van der Waals surface area contributed by atoms with E-state index < -0.39 is 0 Å². The molecule has 0 spiro atoms. The summed E-state index contributed by atoms with van der Waals surface area (Å²) in [6, 6.07) is 35.5. The number of hydrogen-bond donors (Lipinski definition) is 0. The summed E-state index contributed by atoms with van der Waals surface area (Å²) in [6.45, 7) is 13.4. The molecule has 7 aromatic rings. The van der Waals surface area contributed by atoms with Crippen LogP contribution < -0.4 is 0 Å². The fourth-order valence-corrected chi connectivity index (χ4v) is 5.67. The molecular formula is C40H38IrN4-2. The molecule has 5 heteroatoms. The Morgan fingerprint density at radius 3 is 2.31 bits per heavy atom. The maximum atomic E-state index is 4.73. The number of fused-ring (bicyclic) bond motifs is 4. The Labute approximate surface area is 279 Å². The van der Waals surface area contributed by atoms with Crippen LogP contribution in [0, 0.1) is 17.5 Å². The SMILES string of the molecule is CC(C)(C)Cc1cc(-n2c3c[c-]ccc3c3cccnc32)c2cnccc2c1.CC(C)(C)c1ccc(-c2[c-]cccc2)nc1.[Ir]. The third-order valence-corrected chi connectivity index (χ3v) is 7.76. The number of benzene rings is 3. The van der Waals surface area contributed by atoms with E-state index in [1.165, 1.54) is 21.9 Å². The van der Waals surface area contributed by atoms with Gasteiger partial charge >= 0.3 is 0 Å². The number of aromatic nitrogens is 4. The van der Waals surface area contributed by atoms with Crippen molar-refractivity contribution in [3.63, 3.8) is 0 Å². The zero-order valence-electron chi connectivity index (χ0n) is 26.7. The van der Waals surface area contributed by atoms with Gasteiger partial charge in [0.05, 0.1) is 0 Å². The number of rotatable bonds is 3. The first-order chi connectivity index (χ1) is 21.1. The van der Waals surface area contributed by atoms with Gasteiger partial charge in [-0.3, -0.25) is 4.98 Å². The first-order valence-electron chi connectivity index (χ1n) is 15.1. The summed E-state index contributed by atoms with van der Waals surface area (Å²) >= 11 is 0. The topological polar surface area (TPSA) is 43.6 Å². The average molecular weight is 767 g/mol. The van der Waals surface area contributed by atoms with Gasteiger partial charge in [-0.25, -0.2) is 4.98 Å². The molecule has 0 saturated heterocycles. The van der Waals surface area contributed by atoms with Crippen LogP contribution in [-0.4, -0.2) is 19.5 Å². The van der Waals surface area contributed by atoms with Crippen molar-refractivity contribution in [2.75, 3.05) is 0 Å². The van der Waals surface area contributed by atoms with Crippen molar-refractivity contribution in [2.24, 2.45) is 5.41 Å². The third kappa shape index (κ3) is 7.06. The molecule has 0 amide bonds. The second kappa shape index (κ2) is 13.0. The largest absolute Gasteiger partial charge is 0.349 e. The van der Waals surface area contributed by atoms with Crippen molar-refractivity contribution in [3.05, 3.63) is 133 Å². The zero-order chi connectivity index (χ0) is 30.9. The van der Waals surface area contributed by atoms with Gasteiger partial charge in [0.25, 0.3) is 0 Å². The Hall–Kier alpha value is -4.18. The van der Waals surface area contributed by atoms with Gasteiger partial charge in [-0.05, 0) is 57.7 Å². The van der Waals surface area contributed by atoms with E-state index in [1.54, 1.807) is 0 Å². The molecule has 229 valence electrons. The predicted molar refractivity (Wildman–Crippen MR) is 183 cm³/mol. The van der Waals surface area contributed by atoms with E-state index in [2.05, 4.69) is 117 Å². The van der Waals surface area contributed by atoms with Crippen molar-refractivity contribution in [1.82, 2.24) is 19.5 Å². The Kier molecular flexibility index (Phi) is 9.34. The van der Waals surface area contributed by atoms with Crippen LogP contribution in [0.1, 0.15) is 52.7 Å². The molecule has 3 aromatic carbocycles. The summed E-state index contributed by atoms with van der Waals surface area (Å²) in [5.74, 6) is 0. The van der Waals surface area contributed by atoms with Gasteiger partial charge in [0.2, 0.25) is 0 Å². The van der Waals surface area contributed by atoms with Crippen LogP contribution in [0.2, 0.25) is 0 Å². The van der Waals surface area contributed by atoms with Gasteiger partial charge in [0.15, 0.2) is 0 Å². The second-order valence-corrected chi connectivity index (χ2v) is 13.6. The van der Waals surface area contributed by atoms with Crippen LogP contribution in [0.15, 0.2) is 110 Å². The molecule has 0 atom stereocenters. The quantitative estimate of drug-likeness (QED) is 0.168. The second-order valence-electron chi connectivity index (χ2n) is 13.6. The number of nitrogens with zero attached hydrogens (tertiary/aromatic N) is 4. The Morgan fingerprint density at radius 2 is 1.60 bits per heavy atom. The van der Waals surface area contributed by atoms with Crippen molar-refractivity contribution in [1.29, 1.82) is 0 Å². The molecule has 0 saturated carbocycles. The molecule has 7 rings (SSSR count). The third-order valence-electron chi connectivity index (χ3n) is 7.76. The van der Waals surface area contributed by atoms with Crippen molar-refractivity contribution >= 4 is 32.7 Å².